The molecule has 0 saturated carbocycles. The first-order valence-corrected chi connectivity index (χ1v) is 7.06. The minimum absolute atomic E-state index is 0.124. The van der Waals surface area contributed by atoms with Crippen molar-refractivity contribution in [2.24, 2.45) is 0 Å². The van der Waals surface area contributed by atoms with Crippen LogP contribution in [0.5, 0.6) is 0 Å². The van der Waals surface area contributed by atoms with E-state index in [0.717, 1.165) is 12.8 Å². The Kier molecular flexibility index (Phi) is 7.19. The third-order valence-corrected chi connectivity index (χ3v) is 3.08. The molecule has 0 bridgehead atoms. The molecule has 0 fully saturated rings. The fraction of sp³-hybridized carbons (Fsp3) is 0.562. The summed E-state index contributed by atoms with van der Waals surface area (Å²) in [6.45, 7) is 7.25. The summed E-state index contributed by atoms with van der Waals surface area (Å²) in [7, 11) is 0. The number of hydrogen-bond donors (Lipinski definition) is 1. The van der Waals surface area contributed by atoms with E-state index in [1.54, 1.807) is 0 Å². The van der Waals surface area contributed by atoms with Crippen molar-refractivity contribution in [1.29, 1.82) is 0 Å². The second-order valence-corrected chi connectivity index (χ2v) is 4.94. The van der Waals surface area contributed by atoms with Crippen molar-refractivity contribution in [1.82, 2.24) is 5.32 Å². The lowest BCUT2D eigenvalue weighted by molar-refractivity contribution is -0.142. The monoisotopic (exact) mass is 263 g/mol. The molecule has 0 aliphatic rings. The maximum atomic E-state index is 11.2. The highest BCUT2D eigenvalue weighted by atomic mass is 16.5. The first-order chi connectivity index (χ1) is 9.11. The van der Waals surface area contributed by atoms with Gasteiger partial charge in [-0.1, -0.05) is 29.8 Å². The summed E-state index contributed by atoms with van der Waals surface area (Å²) in [6, 6.07) is 9.02. The van der Waals surface area contributed by atoms with Gasteiger partial charge in [-0.3, -0.25) is 4.79 Å². The highest BCUT2D eigenvalue weighted by molar-refractivity contribution is 5.69. The molecule has 0 spiro atoms. The van der Waals surface area contributed by atoms with Gasteiger partial charge in [0, 0.05) is 12.6 Å². The Morgan fingerprint density at radius 2 is 2.21 bits per heavy atom. The van der Waals surface area contributed by atoms with E-state index >= 15 is 0 Å². The lowest BCUT2D eigenvalue weighted by atomic mass is 10.0. The van der Waals surface area contributed by atoms with Crippen molar-refractivity contribution < 1.29 is 9.53 Å². The lowest BCUT2D eigenvalue weighted by Gasteiger charge is -2.13. The van der Waals surface area contributed by atoms with E-state index in [0.29, 0.717) is 25.6 Å². The molecule has 0 aliphatic carbocycles. The first kappa shape index (κ1) is 15.7. The molecule has 0 saturated heterocycles. The Morgan fingerprint density at radius 1 is 1.42 bits per heavy atom. The van der Waals surface area contributed by atoms with Crippen molar-refractivity contribution in [2.75, 3.05) is 13.2 Å². The molecule has 0 aliphatic heterocycles. The number of esters is 1. The standard InChI is InChI=1S/C16H25NO2/c1-4-19-16(18)10-11-17-14(3)8-9-15-7-5-6-13(2)12-15/h5-7,12,14,17H,4,8-11H2,1-3H3. The zero-order valence-electron chi connectivity index (χ0n) is 12.2. The average molecular weight is 263 g/mol. The van der Waals surface area contributed by atoms with Crippen LogP contribution in [0, 0.1) is 6.92 Å². The van der Waals surface area contributed by atoms with Crippen molar-refractivity contribution in [2.45, 2.75) is 46.1 Å². The van der Waals surface area contributed by atoms with Gasteiger partial charge < -0.3 is 10.1 Å². The van der Waals surface area contributed by atoms with Crippen LogP contribution in [0.15, 0.2) is 24.3 Å². The molecule has 0 amide bonds. The van der Waals surface area contributed by atoms with Crippen LogP contribution >= 0.6 is 0 Å². The zero-order valence-corrected chi connectivity index (χ0v) is 12.2. The number of rotatable bonds is 8. The Morgan fingerprint density at radius 3 is 2.89 bits per heavy atom. The molecular formula is C16H25NO2. The molecular weight excluding hydrogens is 238 g/mol. The largest absolute Gasteiger partial charge is 0.466 e. The molecule has 3 nitrogen and oxygen atoms in total. The number of ether oxygens (including phenoxy) is 1. The molecule has 0 aromatic heterocycles. The molecule has 1 aromatic carbocycles. The lowest BCUT2D eigenvalue weighted by Crippen LogP contribution is -2.29. The van der Waals surface area contributed by atoms with E-state index < -0.39 is 0 Å². The minimum atomic E-state index is -0.124. The molecule has 1 N–H and O–H groups in total. The van der Waals surface area contributed by atoms with E-state index in [2.05, 4.69) is 43.4 Å². The fourth-order valence-electron chi connectivity index (χ4n) is 2.01. The highest BCUT2D eigenvalue weighted by Gasteiger charge is 2.05. The van der Waals surface area contributed by atoms with E-state index in [4.69, 9.17) is 4.74 Å². The number of hydrogen-bond acceptors (Lipinski definition) is 3. The zero-order chi connectivity index (χ0) is 14.1. The maximum absolute atomic E-state index is 11.2. The summed E-state index contributed by atoms with van der Waals surface area (Å²) >= 11 is 0. The van der Waals surface area contributed by atoms with Gasteiger partial charge in [-0.05, 0) is 39.2 Å². The van der Waals surface area contributed by atoms with Crippen LogP contribution in [-0.4, -0.2) is 25.2 Å². The Bertz CT molecular complexity index is 390. The number of carbonyl (C=O) groups is 1. The van der Waals surface area contributed by atoms with Crippen molar-refractivity contribution in [3.63, 3.8) is 0 Å². The van der Waals surface area contributed by atoms with E-state index in [1.807, 2.05) is 6.92 Å². The van der Waals surface area contributed by atoms with Crippen LogP contribution in [0.25, 0.3) is 0 Å². The minimum Gasteiger partial charge on any atom is -0.466 e. The summed E-state index contributed by atoms with van der Waals surface area (Å²) in [5, 5.41) is 3.36. The normalized spacial score (nSPS) is 12.2. The van der Waals surface area contributed by atoms with Crippen LogP contribution in [0.1, 0.15) is 37.8 Å². The SMILES string of the molecule is CCOC(=O)CCNC(C)CCc1cccc(C)c1. The van der Waals surface area contributed by atoms with Gasteiger partial charge >= 0.3 is 5.97 Å². The molecule has 1 rings (SSSR count). The fourth-order valence-corrected chi connectivity index (χ4v) is 2.01. The maximum Gasteiger partial charge on any atom is 0.307 e. The average Bonchev–Trinajstić information content (AvgIpc) is 2.37. The third kappa shape index (κ3) is 6.97. The molecule has 0 radical (unpaired) electrons. The van der Waals surface area contributed by atoms with E-state index in [1.165, 1.54) is 11.1 Å². The Hall–Kier alpha value is -1.35. The summed E-state index contributed by atoms with van der Waals surface area (Å²) in [5.41, 5.74) is 2.68. The van der Waals surface area contributed by atoms with Gasteiger partial charge in [0.05, 0.1) is 13.0 Å². The Labute approximate surface area is 116 Å². The molecule has 3 heteroatoms. The van der Waals surface area contributed by atoms with Gasteiger partial charge in [-0.2, -0.15) is 0 Å². The van der Waals surface area contributed by atoms with Crippen LogP contribution in [0.2, 0.25) is 0 Å². The van der Waals surface area contributed by atoms with Crippen LogP contribution < -0.4 is 5.32 Å². The molecule has 1 atom stereocenters. The van der Waals surface area contributed by atoms with Crippen LogP contribution in [-0.2, 0) is 16.0 Å². The van der Waals surface area contributed by atoms with Crippen molar-refractivity contribution >= 4 is 5.97 Å². The van der Waals surface area contributed by atoms with Crippen molar-refractivity contribution in [3.05, 3.63) is 35.4 Å². The summed E-state index contributed by atoms with van der Waals surface area (Å²) in [5.74, 6) is -0.124. The number of benzene rings is 1. The second-order valence-electron chi connectivity index (χ2n) is 4.94. The summed E-state index contributed by atoms with van der Waals surface area (Å²) in [4.78, 5) is 11.2. The van der Waals surface area contributed by atoms with E-state index in [-0.39, 0.29) is 5.97 Å². The van der Waals surface area contributed by atoms with Crippen molar-refractivity contribution in [3.8, 4) is 0 Å². The second kappa shape index (κ2) is 8.70. The topological polar surface area (TPSA) is 38.3 Å². The third-order valence-electron chi connectivity index (χ3n) is 3.08. The number of aryl methyl sites for hydroxylation is 2. The van der Waals surface area contributed by atoms with Gasteiger partial charge in [0.2, 0.25) is 0 Å². The van der Waals surface area contributed by atoms with Gasteiger partial charge in [0.15, 0.2) is 0 Å². The number of carbonyl (C=O) groups excluding carboxylic acids is 1. The summed E-state index contributed by atoms with van der Waals surface area (Å²) in [6.07, 6.45) is 2.59. The predicted molar refractivity (Wildman–Crippen MR) is 78.2 cm³/mol. The van der Waals surface area contributed by atoms with Crippen LogP contribution in [0.4, 0.5) is 0 Å². The van der Waals surface area contributed by atoms with Gasteiger partial charge in [-0.25, -0.2) is 0 Å². The van der Waals surface area contributed by atoms with Crippen LogP contribution in [0.3, 0.4) is 0 Å². The summed E-state index contributed by atoms with van der Waals surface area (Å²) < 4.78 is 4.89. The number of nitrogens with one attached hydrogen (secondary N) is 1. The Balaban J connectivity index is 2.17. The van der Waals surface area contributed by atoms with Gasteiger partial charge in [0.1, 0.15) is 0 Å². The molecule has 1 aromatic rings. The highest BCUT2D eigenvalue weighted by Crippen LogP contribution is 2.08. The smallest absolute Gasteiger partial charge is 0.307 e. The molecule has 106 valence electrons. The predicted octanol–water partition coefficient (Wildman–Crippen LogP) is 2.86. The first-order valence-electron chi connectivity index (χ1n) is 7.06. The van der Waals surface area contributed by atoms with Gasteiger partial charge in [0.25, 0.3) is 0 Å². The quantitative estimate of drug-likeness (QED) is 0.733. The molecule has 0 heterocycles. The van der Waals surface area contributed by atoms with Gasteiger partial charge in [-0.15, -0.1) is 0 Å². The van der Waals surface area contributed by atoms with E-state index in [9.17, 15) is 4.79 Å². The molecule has 19 heavy (non-hydrogen) atoms. The molecule has 1 unspecified atom stereocenters.